The molecule has 30 heavy (non-hydrogen) atoms. The van der Waals surface area contributed by atoms with Crippen molar-refractivity contribution >= 4 is 11.6 Å². The van der Waals surface area contributed by atoms with Gasteiger partial charge in [-0.3, -0.25) is 9.69 Å². The molecule has 1 unspecified atom stereocenters. The number of piperidine rings is 1. The summed E-state index contributed by atoms with van der Waals surface area (Å²) in [4.78, 5) is 20.6. The lowest BCUT2D eigenvalue weighted by Gasteiger charge is -2.33. The Bertz CT molecular complexity index is 840. The van der Waals surface area contributed by atoms with E-state index >= 15 is 0 Å². The summed E-state index contributed by atoms with van der Waals surface area (Å²) in [7, 11) is 3.96. The van der Waals surface area contributed by atoms with Crippen LogP contribution in [0.2, 0.25) is 0 Å². The number of carbonyl (C=O) groups excluding carboxylic acids is 1. The molecule has 7 nitrogen and oxygen atoms in total. The zero-order chi connectivity index (χ0) is 21.7. The van der Waals surface area contributed by atoms with Crippen LogP contribution in [0.25, 0.3) is 5.69 Å². The fourth-order valence-electron chi connectivity index (χ4n) is 3.74. The van der Waals surface area contributed by atoms with Crippen molar-refractivity contribution in [1.29, 1.82) is 0 Å². The summed E-state index contributed by atoms with van der Waals surface area (Å²) in [6.45, 7) is 1.92. The Labute approximate surface area is 173 Å². The van der Waals surface area contributed by atoms with Crippen LogP contribution in [0.3, 0.4) is 0 Å². The van der Waals surface area contributed by atoms with Crippen LogP contribution in [0.4, 0.5) is 18.9 Å². The Morgan fingerprint density at radius 3 is 2.80 bits per heavy atom. The van der Waals surface area contributed by atoms with Crippen molar-refractivity contribution in [3.8, 4) is 5.69 Å². The maximum atomic E-state index is 13.1. The molecule has 2 heterocycles. The standard InChI is InChI=1S/C20H27F3N6O/c1-27(10-8-16-5-3-4-9-28(16)2)12-19(30)26-17-11-15(20(21,22)23)6-7-18(17)29-14-24-13-25-29/h6-7,11,13-14,16H,3-5,8-10,12H2,1-2H3,(H,26,30). The minimum atomic E-state index is -4.51. The van der Waals surface area contributed by atoms with Crippen molar-refractivity contribution in [2.45, 2.75) is 37.9 Å². The van der Waals surface area contributed by atoms with Crippen LogP contribution in [-0.2, 0) is 11.0 Å². The van der Waals surface area contributed by atoms with E-state index in [4.69, 9.17) is 0 Å². The molecular weight excluding hydrogens is 397 g/mol. The third-order valence-corrected chi connectivity index (χ3v) is 5.44. The molecule has 1 aromatic carbocycles. The van der Waals surface area contributed by atoms with Crippen LogP contribution < -0.4 is 5.32 Å². The summed E-state index contributed by atoms with van der Waals surface area (Å²) < 4.78 is 40.7. The number of alkyl halides is 3. The molecule has 3 rings (SSSR count). The highest BCUT2D eigenvalue weighted by Crippen LogP contribution is 2.33. The van der Waals surface area contributed by atoms with Crippen LogP contribution in [-0.4, -0.2) is 70.2 Å². The zero-order valence-electron chi connectivity index (χ0n) is 17.2. The second-order valence-corrected chi connectivity index (χ2v) is 7.77. The minimum absolute atomic E-state index is 0.0424. The minimum Gasteiger partial charge on any atom is -0.323 e. The smallest absolute Gasteiger partial charge is 0.323 e. The number of amides is 1. The van der Waals surface area contributed by atoms with Gasteiger partial charge in [0.05, 0.1) is 23.5 Å². The molecule has 1 aliphatic heterocycles. The normalized spacial score (nSPS) is 18.0. The maximum Gasteiger partial charge on any atom is 0.416 e. The number of halogens is 3. The molecular formula is C20H27F3N6O. The van der Waals surface area contributed by atoms with Gasteiger partial charge in [-0.2, -0.15) is 18.3 Å². The molecule has 1 amide bonds. The number of nitrogens with one attached hydrogen (secondary N) is 1. The zero-order valence-corrected chi connectivity index (χ0v) is 17.2. The third kappa shape index (κ3) is 5.79. The number of benzene rings is 1. The second kappa shape index (κ2) is 9.57. The van der Waals surface area contributed by atoms with Gasteiger partial charge in [0.25, 0.3) is 0 Å². The van der Waals surface area contributed by atoms with Crippen molar-refractivity contribution in [2.24, 2.45) is 0 Å². The van der Waals surface area contributed by atoms with E-state index in [0.717, 1.165) is 38.1 Å². The molecule has 1 N–H and O–H groups in total. The molecule has 0 radical (unpaired) electrons. The first-order chi connectivity index (χ1) is 14.2. The first-order valence-corrected chi connectivity index (χ1v) is 9.99. The highest BCUT2D eigenvalue weighted by Gasteiger charge is 2.31. The summed E-state index contributed by atoms with van der Waals surface area (Å²) in [5, 5.41) is 6.56. The highest BCUT2D eigenvalue weighted by molar-refractivity contribution is 5.94. The number of hydrogen-bond donors (Lipinski definition) is 1. The number of nitrogens with zero attached hydrogens (tertiary/aromatic N) is 5. The molecule has 1 fully saturated rings. The van der Waals surface area contributed by atoms with E-state index < -0.39 is 11.7 Å². The largest absolute Gasteiger partial charge is 0.416 e. The van der Waals surface area contributed by atoms with Crippen molar-refractivity contribution in [1.82, 2.24) is 24.6 Å². The van der Waals surface area contributed by atoms with Crippen molar-refractivity contribution < 1.29 is 18.0 Å². The predicted molar refractivity (Wildman–Crippen MR) is 107 cm³/mol. The third-order valence-electron chi connectivity index (χ3n) is 5.44. The average Bonchev–Trinajstić information content (AvgIpc) is 3.21. The molecule has 2 aromatic rings. The van der Waals surface area contributed by atoms with Gasteiger partial charge >= 0.3 is 6.18 Å². The van der Waals surface area contributed by atoms with Gasteiger partial charge in [-0.1, -0.05) is 6.42 Å². The summed E-state index contributed by atoms with van der Waals surface area (Å²) in [5.74, 6) is -0.379. The number of hydrogen-bond acceptors (Lipinski definition) is 5. The van der Waals surface area contributed by atoms with Crippen molar-refractivity contribution in [3.05, 3.63) is 36.4 Å². The van der Waals surface area contributed by atoms with Gasteiger partial charge in [0.15, 0.2) is 0 Å². The lowest BCUT2D eigenvalue weighted by atomic mass is 10.00. The molecule has 0 bridgehead atoms. The van der Waals surface area contributed by atoms with Gasteiger partial charge in [0, 0.05) is 6.04 Å². The first kappa shape index (κ1) is 22.2. The number of rotatable bonds is 7. The summed E-state index contributed by atoms with van der Waals surface area (Å²) in [5.41, 5.74) is -0.476. The molecule has 1 saturated heterocycles. The number of anilines is 1. The van der Waals surface area contributed by atoms with E-state index in [9.17, 15) is 18.0 Å². The summed E-state index contributed by atoms with van der Waals surface area (Å²) in [6, 6.07) is 3.66. The van der Waals surface area contributed by atoms with Gasteiger partial charge in [0.1, 0.15) is 12.7 Å². The summed E-state index contributed by atoms with van der Waals surface area (Å²) in [6.07, 6.45) is 2.68. The second-order valence-electron chi connectivity index (χ2n) is 7.77. The number of likely N-dealkylation sites (tertiary alicyclic amines) is 1. The van der Waals surface area contributed by atoms with Gasteiger partial charge in [-0.05, 0) is 64.6 Å². The Balaban J connectivity index is 1.64. The molecule has 1 atom stereocenters. The van der Waals surface area contributed by atoms with Crippen LogP contribution >= 0.6 is 0 Å². The van der Waals surface area contributed by atoms with Gasteiger partial charge < -0.3 is 10.2 Å². The highest BCUT2D eigenvalue weighted by atomic mass is 19.4. The SMILES string of the molecule is CN(CCC1CCCCN1C)CC(=O)Nc1cc(C(F)(F)F)ccc1-n1cncn1. The van der Waals surface area contributed by atoms with Crippen molar-refractivity contribution in [2.75, 3.05) is 39.0 Å². The quantitative estimate of drug-likeness (QED) is 0.740. The Morgan fingerprint density at radius 2 is 2.13 bits per heavy atom. The molecule has 0 saturated carbocycles. The average molecular weight is 424 g/mol. The lowest BCUT2D eigenvalue weighted by Crippen LogP contribution is -2.39. The molecule has 1 aromatic heterocycles. The van der Waals surface area contributed by atoms with Crippen LogP contribution in [0.5, 0.6) is 0 Å². The number of aromatic nitrogens is 3. The molecule has 1 aliphatic rings. The predicted octanol–water partition coefficient (Wildman–Crippen LogP) is 3.03. The van der Waals surface area contributed by atoms with E-state index in [1.165, 1.54) is 36.2 Å². The summed E-state index contributed by atoms with van der Waals surface area (Å²) >= 11 is 0. The van der Waals surface area contributed by atoms with Gasteiger partial charge in [0.2, 0.25) is 5.91 Å². The maximum absolute atomic E-state index is 13.1. The Morgan fingerprint density at radius 1 is 1.33 bits per heavy atom. The van der Waals surface area contributed by atoms with E-state index in [-0.39, 0.29) is 18.1 Å². The fourth-order valence-corrected chi connectivity index (χ4v) is 3.74. The van der Waals surface area contributed by atoms with Gasteiger partial charge in [-0.15, -0.1) is 0 Å². The van der Waals surface area contributed by atoms with Crippen LogP contribution in [0, 0.1) is 0 Å². The topological polar surface area (TPSA) is 66.3 Å². The Hall–Kier alpha value is -2.46. The van der Waals surface area contributed by atoms with E-state index in [2.05, 4.69) is 27.3 Å². The molecule has 10 heteroatoms. The van der Waals surface area contributed by atoms with Crippen molar-refractivity contribution in [3.63, 3.8) is 0 Å². The fraction of sp³-hybridized carbons (Fsp3) is 0.550. The monoisotopic (exact) mass is 424 g/mol. The first-order valence-electron chi connectivity index (χ1n) is 9.99. The molecule has 164 valence electrons. The van der Waals surface area contributed by atoms with E-state index in [1.54, 1.807) is 0 Å². The molecule has 0 spiro atoms. The van der Waals surface area contributed by atoms with E-state index in [0.29, 0.717) is 11.7 Å². The van der Waals surface area contributed by atoms with Crippen LogP contribution in [0.15, 0.2) is 30.9 Å². The lowest BCUT2D eigenvalue weighted by molar-refractivity contribution is -0.137. The number of carbonyl (C=O) groups is 1. The van der Waals surface area contributed by atoms with Crippen LogP contribution in [0.1, 0.15) is 31.2 Å². The number of likely N-dealkylation sites (N-methyl/N-ethyl adjacent to an activating group) is 1. The molecule has 0 aliphatic carbocycles. The Kier molecular flexibility index (Phi) is 7.09. The van der Waals surface area contributed by atoms with Gasteiger partial charge in [-0.25, -0.2) is 9.67 Å². The van der Waals surface area contributed by atoms with E-state index in [1.807, 2.05) is 11.9 Å².